The summed E-state index contributed by atoms with van der Waals surface area (Å²) in [6.45, 7) is 0. The van der Waals surface area contributed by atoms with Crippen molar-refractivity contribution in [3.63, 3.8) is 0 Å². The maximum Gasteiger partial charge on any atom is 0.123 e. The van der Waals surface area contributed by atoms with E-state index in [2.05, 4.69) is 0 Å². The van der Waals surface area contributed by atoms with Gasteiger partial charge < -0.3 is 0 Å². The molecular formula is C15H9ClF2. The van der Waals surface area contributed by atoms with E-state index in [4.69, 9.17) is 11.6 Å². The van der Waals surface area contributed by atoms with E-state index in [1.54, 1.807) is 12.1 Å². The van der Waals surface area contributed by atoms with Crippen LogP contribution in [0.1, 0.15) is 27.6 Å². The summed E-state index contributed by atoms with van der Waals surface area (Å²) >= 11 is 6.35. The molecule has 2 aromatic rings. The Morgan fingerprint density at radius 3 is 1.67 bits per heavy atom. The Bertz CT molecular complexity index is 591. The minimum atomic E-state index is -0.545. The fourth-order valence-electron chi connectivity index (χ4n) is 2.18. The van der Waals surface area contributed by atoms with Gasteiger partial charge >= 0.3 is 0 Å². The molecule has 0 unspecified atom stereocenters. The Morgan fingerprint density at radius 2 is 1.22 bits per heavy atom. The molecule has 3 heteroatoms. The molecule has 0 N–H and O–H groups in total. The zero-order valence-electron chi connectivity index (χ0n) is 9.33. The zero-order chi connectivity index (χ0) is 12.7. The van der Waals surface area contributed by atoms with E-state index in [0.29, 0.717) is 11.1 Å². The van der Waals surface area contributed by atoms with E-state index in [1.165, 1.54) is 24.3 Å². The second-order valence-corrected chi connectivity index (χ2v) is 4.68. The van der Waals surface area contributed by atoms with Gasteiger partial charge in [0.25, 0.3) is 0 Å². The van der Waals surface area contributed by atoms with Gasteiger partial charge in [-0.15, -0.1) is 11.6 Å². The van der Waals surface area contributed by atoms with Crippen LogP contribution in [0.3, 0.4) is 0 Å². The molecule has 1 aliphatic rings. The highest BCUT2D eigenvalue weighted by Gasteiger charge is 2.20. The van der Waals surface area contributed by atoms with Gasteiger partial charge in [0.2, 0.25) is 0 Å². The van der Waals surface area contributed by atoms with Gasteiger partial charge in [0.1, 0.15) is 11.6 Å². The molecule has 0 atom stereocenters. The lowest BCUT2D eigenvalue weighted by Crippen LogP contribution is -1.98. The van der Waals surface area contributed by atoms with Crippen molar-refractivity contribution in [2.24, 2.45) is 0 Å². The van der Waals surface area contributed by atoms with Crippen LogP contribution >= 0.6 is 11.6 Å². The smallest absolute Gasteiger partial charge is 0.123 e. The third-order valence-corrected chi connectivity index (χ3v) is 3.56. The third-order valence-electron chi connectivity index (χ3n) is 3.09. The molecule has 2 aromatic carbocycles. The number of hydrogen-bond donors (Lipinski definition) is 0. The second-order valence-electron chi connectivity index (χ2n) is 4.24. The first kappa shape index (κ1) is 11.4. The fourth-order valence-corrected chi connectivity index (χ4v) is 2.56. The molecule has 0 aromatic heterocycles. The van der Waals surface area contributed by atoms with E-state index < -0.39 is 5.38 Å². The summed E-state index contributed by atoms with van der Waals surface area (Å²) in [6, 6.07) is 8.94. The van der Waals surface area contributed by atoms with Crippen molar-refractivity contribution in [3.05, 3.63) is 70.3 Å². The van der Waals surface area contributed by atoms with Crippen LogP contribution in [0.5, 0.6) is 0 Å². The van der Waals surface area contributed by atoms with Crippen LogP contribution in [0.15, 0.2) is 36.4 Å². The van der Waals surface area contributed by atoms with E-state index in [9.17, 15) is 8.78 Å². The first-order valence-electron chi connectivity index (χ1n) is 5.56. The number of rotatable bonds is 0. The van der Waals surface area contributed by atoms with Crippen LogP contribution in [0.25, 0.3) is 12.2 Å². The van der Waals surface area contributed by atoms with E-state index in [0.717, 1.165) is 11.1 Å². The van der Waals surface area contributed by atoms with Crippen LogP contribution in [0, 0.1) is 11.6 Å². The van der Waals surface area contributed by atoms with Crippen molar-refractivity contribution >= 4 is 23.8 Å². The van der Waals surface area contributed by atoms with E-state index in [-0.39, 0.29) is 11.6 Å². The summed E-state index contributed by atoms with van der Waals surface area (Å²) in [6.07, 6.45) is 3.74. The van der Waals surface area contributed by atoms with Crippen molar-refractivity contribution in [2.45, 2.75) is 5.38 Å². The maximum atomic E-state index is 13.3. The summed E-state index contributed by atoms with van der Waals surface area (Å²) in [7, 11) is 0. The zero-order valence-corrected chi connectivity index (χ0v) is 10.1. The average molecular weight is 263 g/mol. The number of hydrogen-bond acceptors (Lipinski definition) is 0. The number of halogens is 3. The van der Waals surface area contributed by atoms with Crippen molar-refractivity contribution in [2.75, 3.05) is 0 Å². The molecule has 0 saturated heterocycles. The quantitative estimate of drug-likeness (QED) is 0.600. The molecule has 0 heterocycles. The average Bonchev–Trinajstić information content (AvgIpc) is 2.49. The van der Waals surface area contributed by atoms with Crippen LogP contribution in [0.4, 0.5) is 8.78 Å². The minimum Gasteiger partial charge on any atom is -0.207 e. The lowest BCUT2D eigenvalue weighted by molar-refractivity contribution is 0.623. The van der Waals surface area contributed by atoms with Gasteiger partial charge in [0, 0.05) is 0 Å². The molecule has 0 radical (unpaired) electrons. The lowest BCUT2D eigenvalue weighted by atomic mass is 9.99. The molecule has 1 aliphatic carbocycles. The standard InChI is InChI=1S/C15H9ClF2/c16-15-13-7-11(17)5-3-9(13)1-2-10-4-6-12(18)8-14(10)15/h1-8,15H. The van der Waals surface area contributed by atoms with Gasteiger partial charge in [-0.25, -0.2) is 8.78 Å². The molecule has 0 spiro atoms. The normalized spacial score (nSPS) is 13.9. The van der Waals surface area contributed by atoms with Crippen LogP contribution in [0.2, 0.25) is 0 Å². The monoisotopic (exact) mass is 262 g/mol. The summed E-state index contributed by atoms with van der Waals surface area (Å²) < 4.78 is 26.6. The van der Waals surface area contributed by atoms with Gasteiger partial charge in [0.15, 0.2) is 0 Å². The summed E-state index contributed by atoms with van der Waals surface area (Å²) in [5, 5.41) is -0.545. The molecule has 0 fully saturated rings. The van der Waals surface area contributed by atoms with Crippen molar-refractivity contribution in [3.8, 4) is 0 Å². The highest BCUT2D eigenvalue weighted by Crippen LogP contribution is 2.37. The Labute approximate surface area is 109 Å². The number of alkyl halides is 1. The molecule has 18 heavy (non-hydrogen) atoms. The Balaban J connectivity index is 2.25. The summed E-state index contributed by atoms with van der Waals surface area (Å²) in [5.74, 6) is -0.680. The number of benzene rings is 2. The summed E-state index contributed by atoms with van der Waals surface area (Å²) in [4.78, 5) is 0. The highest BCUT2D eigenvalue weighted by atomic mass is 35.5. The minimum absolute atomic E-state index is 0.340. The van der Waals surface area contributed by atoms with E-state index >= 15 is 0 Å². The topological polar surface area (TPSA) is 0 Å². The summed E-state index contributed by atoms with van der Waals surface area (Å²) in [5.41, 5.74) is 3.04. The van der Waals surface area contributed by atoms with Gasteiger partial charge in [0.05, 0.1) is 5.38 Å². The molecule has 0 bridgehead atoms. The molecule has 0 aliphatic heterocycles. The van der Waals surface area contributed by atoms with Gasteiger partial charge in [-0.2, -0.15) is 0 Å². The predicted molar refractivity (Wildman–Crippen MR) is 69.4 cm³/mol. The Kier molecular flexibility index (Phi) is 2.67. The van der Waals surface area contributed by atoms with Crippen molar-refractivity contribution in [1.29, 1.82) is 0 Å². The highest BCUT2D eigenvalue weighted by molar-refractivity contribution is 6.23. The molecule has 0 amide bonds. The van der Waals surface area contributed by atoms with E-state index in [1.807, 2.05) is 12.2 Å². The molecule has 0 nitrogen and oxygen atoms in total. The van der Waals surface area contributed by atoms with Crippen molar-refractivity contribution < 1.29 is 8.78 Å². The maximum absolute atomic E-state index is 13.3. The van der Waals surface area contributed by atoms with Gasteiger partial charge in [-0.05, 0) is 46.5 Å². The molecular weight excluding hydrogens is 254 g/mol. The Morgan fingerprint density at radius 1 is 0.778 bits per heavy atom. The Hall–Kier alpha value is -1.67. The van der Waals surface area contributed by atoms with Gasteiger partial charge in [-0.3, -0.25) is 0 Å². The fraction of sp³-hybridized carbons (Fsp3) is 0.0667. The largest absolute Gasteiger partial charge is 0.207 e. The van der Waals surface area contributed by atoms with Crippen LogP contribution < -0.4 is 0 Å². The van der Waals surface area contributed by atoms with Crippen LogP contribution in [-0.2, 0) is 0 Å². The second kappa shape index (κ2) is 4.21. The number of fused-ring (bicyclic) bond motifs is 2. The molecule has 90 valence electrons. The third kappa shape index (κ3) is 1.83. The first-order chi connectivity index (χ1) is 8.65. The van der Waals surface area contributed by atoms with Crippen molar-refractivity contribution in [1.82, 2.24) is 0 Å². The predicted octanol–water partition coefficient (Wildman–Crippen LogP) is 4.78. The molecule has 0 saturated carbocycles. The first-order valence-corrected chi connectivity index (χ1v) is 6.00. The van der Waals surface area contributed by atoms with Crippen LogP contribution in [-0.4, -0.2) is 0 Å². The van der Waals surface area contributed by atoms with Gasteiger partial charge in [-0.1, -0.05) is 24.3 Å². The SMILES string of the molecule is Fc1ccc2c(c1)C(Cl)c1cc(F)ccc1C=C2. The molecule has 3 rings (SSSR count). The lowest BCUT2D eigenvalue weighted by Gasteiger charge is -2.13.